The summed E-state index contributed by atoms with van der Waals surface area (Å²) in [5, 5.41) is 2.85. The van der Waals surface area contributed by atoms with Crippen LogP contribution in [-0.2, 0) is 4.79 Å². The zero-order valence-electron chi connectivity index (χ0n) is 17.6. The number of aromatic nitrogens is 2. The maximum atomic E-state index is 13.2. The van der Waals surface area contributed by atoms with Crippen LogP contribution < -0.4 is 5.32 Å². The molecule has 0 radical (unpaired) electrons. The zero-order chi connectivity index (χ0) is 21.3. The van der Waals surface area contributed by atoms with Crippen LogP contribution in [-0.4, -0.2) is 64.2 Å². The van der Waals surface area contributed by atoms with Gasteiger partial charge in [0, 0.05) is 44.6 Å². The van der Waals surface area contributed by atoms with E-state index in [1.54, 1.807) is 6.20 Å². The maximum absolute atomic E-state index is 13.2. The third-order valence-corrected chi connectivity index (χ3v) is 5.76. The highest BCUT2D eigenvalue weighted by atomic mass is 16.2. The summed E-state index contributed by atoms with van der Waals surface area (Å²) in [6, 6.07) is 10.1. The molecule has 3 aromatic rings. The van der Waals surface area contributed by atoms with Crippen LogP contribution in [0.25, 0.3) is 16.8 Å². The Bertz CT molecular complexity index is 1080. The van der Waals surface area contributed by atoms with Gasteiger partial charge in [0.15, 0.2) is 0 Å². The number of pyridine rings is 1. The van der Waals surface area contributed by atoms with Crippen LogP contribution in [0.15, 0.2) is 48.9 Å². The quantitative estimate of drug-likeness (QED) is 0.724. The van der Waals surface area contributed by atoms with Gasteiger partial charge in [0.25, 0.3) is 5.91 Å². The molecule has 0 unspecified atom stereocenters. The number of amides is 2. The SMILES string of the molecule is CC(=O)Nc1cc(-c2ccc3nccn3c2)ccc1C(=O)N1CCC(N(C)C)CC1. The fraction of sp³-hybridized carbons (Fsp3) is 0.348. The van der Waals surface area contributed by atoms with E-state index in [4.69, 9.17) is 0 Å². The highest BCUT2D eigenvalue weighted by Crippen LogP contribution is 2.28. The fourth-order valence-electron chi connectivity index (χ4n) is 4.05. The van der Waals surface area contributed by atoms with Gasteiger partial charge >= 0.3 is 0 Å². The monoisotopic (exact) mass is 405 g/mol. The highest BCUT2D eigenvalue weighted by molar-refractivity contribution is 6.04. The molecule has 0 atom stereocenters. The third-order valence-electron chi connectivity index (χ3n) is 5.76. The van der Waals surface area contributed by atoms with Gasteiger partial charge in [-0.25, -0.2) is 4.98 Å². The number of nitrogens with zero attached hydrogens (tertiary/aromatic N) is 4. The summed E-state index contributed by atoms with van der Waals surface area (Å²) < 4.78 is 1.95. The van der Waals surface area contributed by atoms with E-state index in [0.717, 1.165) is 42.7 Å². The Kier molecular flexibility index (Phi) is 5.55. The lowest BCUT2D eigenvalue weighted by molar-refractivity contribution is -0.114. The van der Waals surface area contributed by atoms with E-state index < -0.39 is 0 Å². The Morgan fingerprint density at radius 1 is 1.10 bits per heavy atom. The van der Waals surface area contributed by atoms with Crippen LogP contribution in [0.2, 0.25) is 0 Å². The van der Waals surface area contributed by atoms with Crippen molar-refractivity contribution in [3.8, 4) is 11.1 Å². The number of nitrogens with one attached hydrogen (secondary N) is 1. The number of fused-ring (bicyclic) bond motifs is 1. The molecule has 1 aliphatic rings. The first kappa shape index (κ1) is 20.1. The number of carbonyl (C=O) groups is 2. The predicted molar refractivity (Wildman–Crippen MR) is 118 cm³/mol. The number of hydrogen-bond donors (Lipinski definition) is 1. The van der Waals surface area contributed by atoms with Crippen molar-refractivity contribution >= 4 is 23.1 Å². The number of likely N-dealkylation sites (tertiary alicyclic amines) is 1. The average Bonchev–Trinajstić information content (AvgIpc) is 3.21. The predicted octanol–water partition coefficient (Wildman–Crippen LogP) is 3.13. The molecule has 156 valence electrons. The normalized spacial score (nSPS) is 15.0. The second-order valence-electron chi connectivity index (χ2n) is 8.04. The Morgan fingerprint density at radius 3 is 2.53 bits per heavy atom. The summed E-state index contributed by atoms with van der Waals surface area (Å²) in [4.78, 5) is 33.4. The van der Waals surface area contributed by atoms with Crippen molar-refractivity contribution < 1.29 is 9.59 Å². The second kappa shape index (κ2) is 8.28. The topological polar surface area (TPSA) is 70.0 Å². The summed E-state index contributed by atoms with van der Waals surface area (Å²) in [5.74, 6) is -0.231. The Morgan fingerprint density at radius 2 is 1.83 bits per heavy atom. The summed E-state index contributed by atoms with van der Waals surface area (Å²) in [7, 11) is 4.16. The van der Waals surface area contributed by atoms with Crippen molar-refractivity contribution in [1.82, 2.24) is 19.2 Å². The van der Waals surface area contributed by atoms with Gasteiger partial charge in [-0.2, -0.15) is 0 Å². The molecule has 7 nitrogen and oxygen atoms in total. The third kappa shape index (κ3) is 4.07. The van der Waals surface area contributed by atoms with Crippen LogP contribution in [0.1, 0.15) is 30.1 Å². The molecule has 1 aliphatic heterocycles. The molecule has 2 aromatic heterocycles. The van der Waals surface area contributed by atoms with Gasteiger partial charge in [-0.15, -0.1) is 0 Å². The van der Waals surface area contributed by atoms with Crippen LogP contribution in [0.5, 0.6) is 0 Å². The van der Waals surface area contributed by atoms with Crippen molar-refractivity contribution in [2.24, 2.45) is 0 Å². The van der Waals surface area contributed by atoms with Crippen LogP contribution in [0.3, 0.4) is 0 Å². The number of rotatable bonds is 4. The largest absolute Gasteiger partial charge is 0.338 e. The second-order valence-corrected chi connectivity index (χ2v) is 8.04. The fourth-order valence-corrected chi connectivity index (χ4v) is 4.05. The Balaban J connectivity index is 1.63. The molecular formula is C23H27N5O2. The van der Waals surface area contributed by atoms with Crippen molar-refractivity contribution in [1.29, 1.82) is 0 Å². The summed E-state index contributed by atoms with van der Waals surface area (Å²) >= 11 is 0. The molecule has 3 heterocycles. The van der Waals surface area contributed by atoms with Gasteiger partial charge in [0.2, 0.25) is 5.91 Å². The average molecular weight is 406 g/mol. The van der Waals surface area contributed by atoms with Gasteiger partial charge in [0.05, 0.1) is 11.3 Å². The molecular weight excluding hydrogens is 378 g/mol. The maximum Gasteiger partial charge on any atom is 0.255 e. The summed E-state index contributed by atoms with van der Waals surface area (Å²) in [6.07, 6.45) is 7.54. The number of hydrogen-bond acceptors (Lipinski definition) is 4. The van der Waals surface area contributed by atoms with Crippen molar-refractivity contribution in [2.75, 3.05) is 32.5 Å². The minimum atomic E-state index is -0.197. The Labute approximate surface area is 176 Å². The van der Waals surface area contributed by atoms with Crippen molar-refractivity contribution in [2.45, 2.75) is 25.8 Å². The number of carbonyl (C=O) groups excluding carboxylic acids is 2. The van der Waals surface area contributed by atoms with E-state index in [0.29, 0.717) is 17.3 Å². The standard InChI is InChI=1S/C23H27N5O2/c1-16(29)25-21-14-17(18-5-7-22-24-10-13-28(22)15-18)4-6-20(21)23(30)27-11-8-19(9-12-27)26(2)3/h4-7,10,13-15,19H,8-9,11-12H2,1-3H3,(H,25,29). The number of piperidine rings is 1. The lowest BCUT2D eigenvalue weighted by atomic mass is 10.00. The first-order valence-corrected chi connectivity index (χ1v) is 10.2. The van der Waals surface area contributed by atoms with E-state index in [-0.39, 0.29) is 11.8 Å². The lowest BCUT2D eigenvalue weighted by Gasteiger charge is -2.35. The molecule has 1 aromatic carbocycles. The van der Waals surface area contributed by atoms with E-state index >= 15 is 0 Å². The van der Waals surface area contributed by atoms with Gasteiger partial charge in [-0.3, -0.25) is 9.59 Å². The molecule has 2 amide bonds. The van der Waals surface area contributed by atoms with Crippen molar-refractivity contribution in [3.63, 3.8) is 0 Å². The van der Waals surface area contributed by atoms with Crippen LogP contribution in [0.4, 0.5) is 5.69 Å². The molecule has 0 bridgehead atoms. The molecule has 0 aliphatic carbocycles. The van der Waals surface area contributed by atoms with E-state index in [1.807, 2.05) is 52.0 Å². The molecule has 4 rings (SSSR count). The van der Waals surface area contributed by atoms with E-state index in [9.17, 15) is 9.59 Å². The van der Waals surface area contributed by atoms with Crippen LogP contribution >= 0.6 is 0 Å². The number of anilines is 1. The minimum Gasteiger partial charge on any atom is -0.338 e. The van der Waals surface area contributed by atoms with Gasteiger partial charge < -0.3 is 19.5 Å². The number of imidazole rings is 1. The molecule has 0 spiro atoms. The van der Waals surface area contributed by atoms with E-state index in [1.165, 1.54) is 6.92 Å². The molecule has 7 heteroatoms. The van der Waals surface area contributed by atoms with Gasteiger partial charge in [-0.1, -0.05) is 6.07 Å². The van der Waals surface area contributed by atoms with Gasteiger partial charge in [-0.05, 0) is 62.3 Å². The number of benzene rings is 1. The molecule has 30 heavy (non-hydrogen) atoms. The molecule has 1 N–H and O–H groups in total. The minimum absolute atomic E-state index is 0.0347. The molecule has 0 saturated carbocycles. The Hall–Kier alpha value is -3.19. The first-order valence-electron chi connectivity index (χ1n) is 10.2. The first-order chi connectivity index (χ1) is 14.4. The molecule has 1 fully saturated rings. The summed E-state index contributed by atoms with van der Waals surface area (Å²) in [6.45, 7) is 2.90. The van der Waals surface area contributed by atoms with Crippen molar-refractivity contribution in [3.05, 3.63) is 54.5 Å². The molecule has 1 saturated heterocycles. The highest BCUT2D eigenvalue weighted by Gasteiger charge is 2.26. The lowest BCUT2D eigenvalue weighted by Crippen LogP contribution is -2.44. The van der Waals surface area contributed by atoms with Crippen LogP contribution in [0, 0.1) is 0 Å². The zero-order valence-corrected chi connectivity index (χ0v) is 17.6. The van der Waals surface area contributed by atoms with Gasteiger partial charge in [0.1, 0.15) is 5.65 Å². The van der Waals surface area contributed by atoms with E-state index in [2.05, 4.69) is 29.3 Å². The smallest absolute Gasteiger partial charge is 0.255 e. The summed E-state index contributed by atoms with van der Waals surface area (Å²) in [5.41, 5.74) is 3.86.